The highest BCUT2D eigenvalue weighted by molar-refractivity contribution is 6.20. The lowest BCUT2D eigenvalue weighted by atomic mass is 9.45. The minimum Gasteiger partial charge on any atom is -0.123 e. The van der Waals surface area contributed by atoms with E-state index in [0.29, 0.717) is 16.2 Å². The van der Waals surface area contributed by atoms with E-state index < -0.39 is 0 Å². The second-order valence-corrected chi connectivity index (χ2v) is 10.3. The molecule has 4 fully saturated rings. The maximum absolute atomic E-state index is 6.80. The summed E-state index contributed by atoms with van der Waals surface area (Å²) >= 11 is 6.80. The monoisotopic (exact) mass is 322 g/mol. The lowest BCUT2D eigenvalue weighted by Crippen LogP contribution is -2.54. The first-order chi connectivity index (χ1) is 10.5. The number of fused-ring (bicyclic) bond motifs is 5. The minimum absolute atomic E-state index is 0.472. The summed E-state index contributed by atoms with van der Waals surface area (Å²) < 4.78 is 0. The summed E-state index contributed by atoms with van der Waals surface area (Å²) in [4.78, 5) is 0. The second-order valence-electron chi connectivity index (χ2n) is 9.70. The van der Waals surface area contributed by atoms with Gasteiger partial charge in [0.1, 0.15) is 0 Å². The maximum Gasteiger partial charge on any atom is 0.0369 e. The van der Waals surface area contributed by atoms with Gasteiger partial charge in [0, 0.05) is 5.38 Å². The van der Waals surface area contributed by atoms with Crippen LogP contribution in [0.2, 0.25) is 0 Å². The molecule has 2 unspecified atom stereocenters. The van der Waals surface area contributed by atoms with E-state index in [-0.39, 0.29) is 0 Å². The molecule has 0 bridgehead atoms. The van der Waals surface area contributed by atoms with Gasteiger partial charge >= 0.3 is 0 Å². The zero-order chi connectivity index (χ0) is 15.5. The lowest BCUT2D eigenvalue weighted by molar-refractivity contribution is -0.109. The molecular weight excluding hydrogens is 288 g/mol. The summed E-state index contributed by atoms with van der Waals surface area (Å²) in [6.07, 6.45) is 14.5. The van der Waals surface area contributed by atoms with Crippen molar-refractivity contribution >= 4 is 11.6 Å². The minimum atomic E-state index is 0.472. The Morgan fingerprint density at radius 3 is 2.32 bits per heavy atom. The smallest absolute Gasteiger partial charge is 0.0369 e. The molecule has 4 rings (SSSR count). The van der Waals surface area contributed by atoms with Crippen molar-refractivity contribution in [1.29, 1.82) is 0 Å². The van der Waals surface area contributed by atoms with E-state index in [1.54, 1.807) is 0 Å². The fourth-order valence-electron chi connectivity index (χ4n) is 8.11. The first-order valence-electron chi connectivity index (χ1n) is 10.1. The molecule has 4 saturated carbocycles. The van der Waals surface area contributed by atoms with Crippen molar-refractivity contribution in [3.05, 3.63) is 0 Å². The molecule has 8 atom stereocenters. The molecule has 1 heteroatoms. The predicted molar refractivity (Wildman–Crippen MR) is 95.1 cm³/mol. The zero-order valence-corrected chi connectivity index (χ0v) is 15.7. The molecule has 4 aliphatic carbocycles. The molecule has 0 heterocycles. The van der Waals surface area contributed by atoms with Crippen molar-refractivity contribution in [3.8, 4) is 0 Å². The van der Waals surface area contributed by atoms with Gasteiger partial charge in [-0.15, -0.1) is 11.6 Å². The summed E-state index contributed by atoms with van der Waals surface area (Å²) in [5.74, 6) is 4.87. The Labute approximate surface area is 142 Å². The van der Waals surface area contributed by atoms with Crippen LogP contribution in [0, 0.1) is 40.4 Å². The van der Waals surface area contributed by atoms with Crippen LogP contribution >= 0.6 is 11.6 Å². The van der Waals surface area contributed by atoms with Gasteiger partial charge in [0.15, 0.2) is 0 Å². The highest BCUT2D eigenvalue weighted by Crippen LogP contribution is 2.68. The van der Waals surface area contributed by atoms with Crippen molar-refractivity contribution in [2.24, 2.45) is 40.4 Å². The van der Waals surface area contributed by atoms with Gasteiger partial charge in [-0.2, -0.15) is 0 Å². The Hall–Kier alpha value is 0.290. The highest BCUT2D eigenvalue weighted by atomic mass is 35.5. The van der Waals surface area contributed by atoms with Crippen molar-refractivity contribution < 1.29 is 0 Å². The van der Waals surface area contributed by atoms with Gasteiger partial charge in [-0.1, -0.05) is 33.6 Å². The first-order valence-corrected chi connectivity index (χ1v) is 10.6. The summed E-state index contributed by atoms with van der Waals surface area (Å²) in [7, 11) is 0. The molecule has 0 radical (unpaired) electrons. The largest absolute Gasteiger partial charge is 0.123 e. The van der Waals surface area contributed by atoms with Crippen molar-refractivity contribution in [2.75, 3.05) is 0 Å². The lowest BCUT2D eigenvalue weighted by Gasteiger charge is -2.61. The Bertz CT molecular complexity index is 432. The molecule has 0 spiro atoms. The zero-order valence-electron chi connectivity index (χ0n) is 14.9. The molecule has 0 N–H and O–H groups in total. The fraction of sp³-hybridized carbons (Fsp3) is 1.00. The average molecular weight is 323 g/mol. The molecule has 0 amide bonds. The van der Waals surface area contributed by atoms with E-state index >= 15 is 0 Å². The van der Waals surface area contributed by atoms with Crippen molar-refractivity contribution in [3.63, 3.8) is 0 Å². The molecular formula is C21H35Cl. The van der Waals surface area contributed by atoms with Crippen LogP contribution < -0.4 is 0 Å². The highest BCUT2D eigenvalue weighted by Gasteiger charge is 2.60. The third kappa shape index (κ3) is 2.01. The Kier molecular flexibility index (Phi) is 3.88. The van der Waals surface area contributed by atoms with E-state index in [4.69, 9.17) is 11.6 Å². The van der Waals surface area contributed by atoms with Crippen LogP contribution in [-0.4, -0.2) is 5.38 Å². The Morgan fingerprint density at radius 2 is 1.55 bits per heavy atom. The van der Waals surface area contributed by atoms with Gasteiger partial charge in [-0.05, 0) is 91.8 Å². The Morgan fingerprint density at radius 1 is 0.818 bits per heavy atom. The Balaban J connectivity index is 1.63. The molecule has 22 heavy (non-hydrogen) atoms. The third-order valence-corrected chi connectivity index (χ3v) is 9.79. The fourth-order valence-corrected chi connectivity index (χ4v) is 8.68. The molecule has 126 valence electrons. The van der Waals surface area contributed by atoms with E-state index in [9.17, 15) is 0 Å². The van der Waals surface area contributed by atoms with Crippen LogP contribution in [0.3, 0.4) is 0 Å². The number of alkyl halides is 1. The van der Waals surface area contributed by atoms with Gasteiger partial charge in [-0.3, -0.25) is 0 Å². The van der Waals surface area contributed by atoms with Crippen LogP contribution in [0.1, 0.15) is 85.0 Å². The van der Waals surface area contributed by atoms with Crippen molar-refractivity contribution in [1.82, 2.24) is 0 Å². The molecule has 0 saturated heterocycles. The van der Waals surface area contributed by atoms with Crippen LogP contribution in [0.15, 0.2) is 0 Å². The van der Waals surface area contributed by atoms with Gasteiger partial charge in [0.25, 0.3) is 0 Å². The number of halogens is 1. The van der Waals surface area contributed by atoms with Gasteiger partial charge in [-0.25, -0.2) is 0 Å². The summed E-state index contributed by atoms with van der Waals surface area (Å²) in [5.41, 5.74) is 1.24. The summed E-state index contributed by atoms with van der Waals surface area (Å²) in [6, 6.07) is 0. The van der Waals surface area contributed by atoms with Gasteiger partial charge < -0.3 is 0 Å². The van der Waals surface area contributed by atoms with E-state index in [0.717, 1.165) is 29.6 Å². The molecule has 0 aromatic heterocycles. The van der Waals surface area contributed by atoms with E-state index in [1.165, 1.54) is 64.2 Å². The van der Waals surface area contributed by atoms with Crippen LogP contribution in [0.5, 0.6) is 0 Å². The summed E-state index contributed by atoms with van der Waals surface area (Å²) in [6.45, 7) is 7.73. The maximum atomic E-state index is 6.80. The predicted octanol–water partition coefficient (Wildman–Crippen LogP) is 6.66. The number of rotatable bonds is 1. The second kappa shape index (κ2) is 5.40. The standard InChI is InChI=1S/C21H35Cl/c1-4-14-7-9-16-15-8-10-18-19(22)6-5-12-21(18,3)17(15)11-13-20(14,16)2/h14-19H,4-13H2,1-3H3/t14-,15-,16-,17-,18?,19?,20+,21+/m0/s1. The van der Waals surface area contributed by atoms with Crippen LogP contribution in [0.25, 0.3) is 0 Å². The van der Waals surface area contributed by atoms with Crippen LogP contribution in [-0.2, 0) is 0 Å². The van der Waals surface area contributed by atoms with Crippen LogP contribution in [0.4, 0.5) is 0 Å². The third-order valence-electron chi connectivity index (χ3n) is 9.26. The number of hydrogen-bond acceptors (Lipinski definition) is 0. The SMILES string of the molecule is CC[C@H]1CC[C@H]2[C@@H]3CCC4C(Cl)CCC[C@]4(C)[C@H]3CC[C@]12C. The normalized spacial score (nSPS) is 57.8. The summed E-state index contributed by atoms with van der Waals surface area (Å²) in [5, 5.41) is 0.472. The van der Waals surface area contributed by atoms with Crippen molar-refractivity contribution in [2.45, 2.75) is 90.4 Å². The first kappa shape index (κ1) is 15.8. The van der Waals surface area contributed by atoms with Gasteiger partial charge in [0.05, 0.1) is 0 Å². The van der Waals surface area contributed by atoms with E-state index in [1.807, 2.05) is 0 Å². The molecule has 4 aliphatic rings. The van der Waals surface area contributed by atoms with Gasteiger partial charge in [0.2, 0.25) is 0 Å². The van der Waals surface area contributed by atoms with E-state index in [2.05, 4.69) is 20.8 Å². The molecule has 0 aromatic rings. The molecule has 0 aliphatic heterocycles. The molecule has 0 aromatic carbocycles. The topological polar surface area (TPSA) is 0 Å². The number of hydrogen-bond donors (Lipinski definition) is 0. The average Bonchev–Trinajstić information content (AvgIpc) is 2.83. The quantitative estimate of drug-likeness (QED) is 0.473. The molecule has 0 nitrogen and oxygen atoms in total.